The Hall–Kier alpha value is -2.82. The van der Waals surface area contributed by atoms with Gasteiger partial charge in [-0.15, -0.1) is 0 Å². The number of carbonyl (C=O) groups is 2. The first kappa shape index (κ1) is 18.5. The fraction of sp³-hybridized carbons (Fsp3) is 0.391. The highest BCUT2D eigenvalue weighted by molar-refractivity contribution is 5.95. The molecule has 2 amide bonds. The van der Waals surface area contributed by atoms with Crippen LogP contribution in [0.25, 0.3) is 0 Å². The van der Waals surface area contributed by atoms with Crippen molar-refractivity contribution in [1.29, 1.82) is 0 Å². The van der Waals surface area contributed by atoms with Gasteiger partial charge in [-0.05, 0) is 55.5 Å². The fourth-order valence-electron chi connectivity index (χ4n) is 4.53. The molecule has 5 heteroatoms. The summed E-state index contributed by atoms with van der Waals surface area (Å²) < 4.78 is 5.25. The van der Waals surface area contributed by atoms with Crippen molar-refractivity contribution in [2.45, 2.75) is 25.3 Å². The normalized spacial score (nSPS) is 21.8. The monoisotopic (exact) mass is 378 g/mol. The molecule has 2 aliphatic rings. The number of hydrogen-bond acceptors (Lipinski definition) is 3. The topological polar surface area (TPSA) is 49.9 Å². The van der Waals surface area contributed by atoms with E-state index in [-0.39, 0.29) is 17.9 Å². The molecule has 2 fully saturated rings. The standard InChI is InChI=1S/C23H26N2O3/c1-28-20-11-5-9-18(15-20)22(26)24-14-12-21-19(16-24)10-6-13-25(21)23(27)17-7-3-2-4-8-17/h2-5,7-9,11,15,19,21H,6,10,12-14,16H2,1H3/t19-,21-/m1/s1. The molecule has 0 unspecified atom stereocenters. The third-order valence-electron chi connectivity index (χ3n) is 5.95. The van der Waals surface area contributed by atoms with E-state index < -0.39 is 0 Å². The smallest absolute Gasteiger partial charge is 0.254 e. The third-order valence-corrected chi connectivity index (χ3v) is 5.95. The zero-order chi connectivity index (χ0) is 19.5. The molecule has 2 atom stereocenters. The highest BCUT2D eigenvalue weighted by atomic mass is 16.5. The predicted octanol–water partition coefficient (Wildman–Crippen LogP) is 3.46. The van der Waals surface area contributed by atoms with Crippen LogP contribution in [0.2, 0.25) is 0 Å². The lowest BCUT2D eigenvalue weighted by molar-refractivity contribution is 0.0197. The number of amides is 2. The summed E-state index contributed by atoms with van der Waals surface area (Å²) in [6.45, 7) is 2.19. The van der Waals surface area contributed by atoms with E-state index in [0.29, 0.717) is 30.3 Å². The van der Waals surface area contributed by atoms with Gasteiger partial charge in [0.1, 0.15) is 5.75 Å². The summed E-state index contributed by atoms with van der Waals surface area (Å²) in [7, 11) is 1.61. The van der Waals surface area contributed by atoms with Crippen LogP contribution in [-0.2, 0) is 0 Å². The Balaban J connectivity index is 1.47. The first-order valence-corrected chi connectivity index (χ1v) is 9.96. The van der Waals surface area contributed by atoms with Crippen molar-refractivity contribution in [1.82, 2.24) is 9.80 Å². The molecule has 2 aromatic carbocycles. The van der Waals surface area contributed by atoms with Gasteiger partial charge in [0, 0.05) is 36.8 Å². The van der Waals surface area contributed by atoms with Crippen molar-refractivity contribution in [2.24, 2.45) is 5.92 Å². The van der Waals surface area contributed by atoms with Gasteiger partial charge in [0.2, 0.25) is 0 Å². The van der Waals surface area contributed by atoms with E-state index in [2.05, 4.69) is 0 Å². The summed E-state index contributed by atoms with van der Waals surface area (Å²) in [6, 6.07) is 17.0. The molecule has 0 N–H and O–H groups in total. The minimum Gasteiger partial charge on any atom is -0.497 e. The summed E-state index contributed by atoms with van der Waals surface area (Å²) in [5.41, 5.74) is 1.41. The van der Waals surface area contributed by atoms with Crippen molar-refractivity contribution in [3.63, 3.8) is 0 Å². The van der Waals surface area contributed by atoms with E-state index in [1.165, 1.54) is 0 Å². The van der Waals surface area contributed by atoms with Crippen LogP contribution >= 0.6 is 0 Å². The first-order chi connectivity index (χ1) is 13.7. The Labute approximate surface area is 165 Å². The molecule has 5 nitrogen and oxygen atoms in total. The number of piperidine rings is 2. The van der Waals surface area contributed by atoms with Crippen LogP contribution < -0.4 is 4.74 Å². The summed E-state index contributed by atoms with van der Waals surface area (Å²) >= 11 is 0. The molecule has 0 aliphatic carbocycles. The van der Waals surface area contributed by atoms with Gasteiger partial charge in [0.15, 0.2) is 0 Å². The zero-order valence-electron chi connectivity index (χ0n) is 16.2. The Morgan fingerprint density at radius 1 is 0.929 bits per heavy atom. The zero-order valence-corrected chi connectivity index (χ0v) is 16.2. The van der Waals surface area contributed by atoms with E-state index in [0.717, 1.165) is 31.4 Å². The number of rotatable bonds is 3. The summed E-state index contributed by atoms with van der Waals surface area (Å²) in [5.74, 6) is 1.19. The van der Waals surface area contributed by atoms with Gasteiger partial charge < -0.3 is 14.5 Å². The fourth-order valence-corrected chi connectivity index (χ4v) is 4.53. The van der Waals surface area contributed by atoms with Gasteiger partial charge in [0.25, 0.3) is 11.8 Å². The van der Waals surface area contributed by atoms with Crippen LogP contribution in [0, 0.1) is 5.92 Å². The lowest BCUT2D eigenvalue weighted by Gasteiger charge is -2.47. The van der Waals surface area contributed by atoms with Crippen LogP contribution in [0.15, 0.2) is 54.6 Å². The maximum absolute atomic E-state index is 13.0. The number of nitrogens with zero attached hydrogens (tertiary/aromatic N) is 2. The molecule has 2 heterocycles. The van der Waals surface area contributed by atoms with Crippen LogP contribution in [0.4, 0.5) is 0 Å². The van der Waals surface area contributed by atoms with Crippen LogP contribution in [0.5, 0.6) is 5.75 Å². The SMILES string of the molecule is COc1cccc(C(=O)N2CC[C@@H]3[C@H](CCCN3C(=O)c3ccccc3)C2)c1. The van der Waals surface area contributed by atoms with Gasteiger partial charge >= 0.3 is 0 Å². The number of carbonyl (C=O) groups excluding carboxylic acids is 2. The molecule has 2 saturated heterocycles. The van der Waals surface area contributed by atoms with Crippen molar-refractivity contribution < 1.29 is 14.3 Å². The number of methoxy groups -OCH3 is 1. The lowest BCUT2D eigenvalue weighted by Crippen LogP contribution is -2.56. The maximum Gasteiger partial charge on any atom is 0.254 e. The molecule has 4 rings (SSSR count). The predicted molar refractivity (Wildman–Crippen MR) is 108 cm³/mol. The number of likely N-dealkylation sites (tertiary alicyclic amines) is 2. The highest BCUT2D eigenvalue weighted by Gasteiger charge is 2.39. The molecule has 146 valence electrons. The number of hydrogen-bond donors (Lipinski definition) is 0. The van der Waals surface area contributed by atoms with Crippen LogP contribution in [0.3, 0.4) is 0 Å². The van der Waals surface area contributed by atoms with Gasteiger partial charge in [-0.1, -0.05) is 24.3 Å². The molecule has 0 spiro atoms. The molecular formula is C23H26N2O3. The minimum atomic E-state index is 0.0452. The van der Waals surface area contributed by atoms with Crippen LogP contribution in [0.1, 0.15) is 40.0 Å². The van der Waals surface area contributed by atoms with E-state index in [4.69, 9.17) is 4.74 Å². The van der Waals surface area contributed by atoms with Gasteiger partial charge in [-0.25, -0.2) is 0 Å². The maximum atomic E-state index is 13.0. The molecule has 0 aromatic heterocycles. The number of fused-ring (bicyclic) bond motifs is 1. The Morgan fingerprint density at radius 2 is 1.71 bits per heavy atom. The Bertz CT molecular complexity index is 852. The molecule has 0 saturated carbocycles. The van der Waals surface area contributed by atoms with Crippen molar-refractivity contribution in [3.05, 3.63) is 65.7 Å². The van der Waals surface area contributed by atoms with Gasteiger partial charge in [-0.2, -0.15) is 0 Å². The van der Waals surface area contributed by atoms with Crippen molar-refractivity contribution in [2.75, 3.05) is 26.7 Å². The molecule has 0 bridgehead atoms. The Morgan fingerprint density at radius 3 is 2.50 bits per heavy atom. The van der Waals surface area contributed by atoms with E-state index in [9.17, 15) is 9.59 Å². The van der Waals surface area contributed by atoms with Gasteiger partial charge in [0.05, 0.1) is 7.11 Å². The molecule has 2 aromatic rings. The summed E-state index contributed by atoms with van der Waals surface area (Å²) in [6.07, 6.45) is 2.88. The highest BCUT2D eigenvalue weighted by Crippen LogP contribution is 2.32. The second kappa shape index (κ2) is 8.05. The number of ether oxygens (including phenoxy) is 1. The minimum absolute atomic E-state index is 0.0452. The van der Waals surface area contributed by atoms with E-state index >= 15 is 0 Å². The largest absolute Gasteiger partial charge is 0.497 e. The first-order valence-electron chi connectivity index (χ1n) is 9.96. The average Bonchev–Trinajstić information content (AvgIpc) is 2.78. The molecule has 28 heavy (non-hydrogen) atoms. The summed E-state index contributed by atoms with van der Waals surface area (Å²) in [4.78, 5) is 29.9. The lowest BCUT2D eigenvalue weighted by atomic mass is 9.83. The van der Waals surface area contributed by atoms with E-state index in [1.807, 2.05) is 58.3 Å². The quantitative estimate of drug-likeness (QED) is 0.822. The van der Waals surface area contributed by atoms with Crippen LogP contribution in [-0.4, -0.2) is 54.4 Å². The number of benzene rings is 2. The van der Waals surface area contributed by atoms with Crippen molar-refractivity contribution in [3.8, 4) is 5.75 Å². The molecule has 0 radical (unpaired) electrons. The Kier molecular flexibility index (Phi) is 5.33. The van der Waals surface area contributed by atoms with Crippen molar-refractivity contribution >= 4 is 11.8 Å². The second-order valence-corrected chi connectivity index (χ2v) is 7.61. The average molecular weight is 378 g/mol. The third kappa shape index (κ3) is 3.61. The molecular weight excluding hydrogens is 352 g/mol. The van der Waals surface area contributed by atoms with E-state index in [1.54, 1.807) is 13.2 Å². The summed E-state index contributed by atoms with van der Waals surface area (Å²) in [5, 5.41) is 0. The van der Waals surface area contributed by atoms with Gasteiger partial charge in [-0.3, -0.25) is 9.59 Å². The second-order valence-electron chi connectivity index (χ2n) is 7.61. The molecule has 2 aliphatic heterocycles.